The molecule has 0 atom stereocenters. The minimum atomic E-state index is 0.0151. The van der Waals surface area contributed by atoms with Crippen LogP contribution in [0.4, 0.5) is 0 Å². The normalized spacial score (nSPS) is 10.6. The minimum Gasteiger partial charge on any atom is -0.352 e. The Kier molecular flexibility index (Phi) is 5.59. The zero-order chi connectivity index (χ0) is 19.2. The van der Waals surface area contributed by atoms with E-state index in [4.69, 9.17) is 0 Å². The summed E-state index contributed by atoms with van der Waals surface area (Å²) in [5.74, 6) is 0.0151. The van der Waals surface area contributed by atoms with Gasteiger partial charge in [-0.05, 0) is 45.8 Å². The molecule has 28 heavy (non-hydrogen) atoms. The van der Waals surface area contributed by atoms with E-state index in [-0.39, 0.29) is 5.91 Å². The first-order valence-electron chi connectivity index (χ1n) is 9.16. The zero-order valence-electron chi connectivity index (χ0n) is 15.3. The van der Waals surface area contributed by atoms with Gasteiger partial charge in [0.05, 0.1) is 12.1 Å². The van der Waals surface area contributed by atoms with Gasteiger partial charge >= 0.3 is 0 Å². The number of hydrogen-bond donors (Lipinski definition) is 1. The number of nitrogens with one attached hydrogen (secondary N) is 1. The summed E-state index contributed by atoms with van der Waals surface area (Å²) in [6.07, 6.45) is 2.16. The Labute approximate surface area is 168 Å². The molecule has 0 spiro atoms. The quantitative estimate of drug-likeness (QED) is 0.488. The third-order valence-corrected chi connectivity index (χ3v) is 5.24. The van der Waals surface area contributed by atoms with E-state index in [9.17, 15) is 4.79 Å². The van der Waals surface area contributed by atoms with Gasteiger partial charge in [-0.3, -0.25) is 9.78 Å². The minimum absolute atomic E-state index is 0.0151. The van der Waals surface area contributed by atoms with Crippen molar-refractivity contribution >= 4 is 17.2 Å². The van der Waals surface area contributed by atoms with E-state index in [1.165, 1.54) is 5.56 Å². The van der Waals surface area contributed by atoms with Crippen LogP contribution in [0.2, 0.25) is 0 Å². The molecule has 0 radical (unpaired) electrons. The van der Waals surface area contributed by atoms with Gasteiger partial charge in [0.1, 0.15) is 0 Å². The van der Waals surface area contributed by atoms with E-state index in [1.54, 1.807) is 17.5 Å². The van der Waals surface area contributed by atoms with Crippen LogP contribution in [0.1, 0.15) is 11.1 Å². The predicted octanol–water partition coefficient (Wildman–Crippen LogP) is 5.34. The van der Waals surface area contributed by atoms with E-state index < -0.39 is 0 Å². The molecule has 0 saturated heterocycles. The monoisotopic (exact) mass is 384 g/mol. The number of thiophene rings is 1. The number of amides is 1. The van der Waals surface area contributed by atoms with Crippen molar-refractivity contribution in [2.75, 3.05) is 0 Å². The van der Waals surface area contributed by atoms with Crippen LogP contribution >= 0.6 is 11.3 Å². The lowest BCUT2D eigenvalue weighted by atomic mass is 10.0. The summed E-state index contributed by atoms with van der Waals surface area (Å²) in [5, 5.41) is 7.11. The van der Waals surface area contributed by atoms with Gasteiger partial charge in [-0.25, -0.2) is 0 Å². The van der Waals surface area contributed by atoms with Crippen LogP contribution in [-0.4, -0.2) is 10.9 Å². The lowest BCUT2D eigenvalue weighted by Crippen LogP contribution is -2.24. The lowest BCUT2D eigenvalue weighted by Gasteiger charge is -2.08. The van der Waals surface area contributed by atoms with Crippen molar-refractivity contribution in [3.63, 3.8) is 0 Å². The maximum Gasteiger partial charge on any atom is 0.224 e. The van der Waals surface area contributed by atoms with Crippen LogP contribution in [0.5, 0.6) is 0 Å². The third kappa shape index (κ3) is 4.53. The fourth-order valence-corrected chi connectivity index (χ4v) is 3.70. The zero-order valence-corrected chi connectivity index (χ0v) is 16.2. The first-order valence-corrected chi connectivity index (χ1v) is 10.1. The van der Waals surface area contributed by atoms with Crippen LogP contribution in [-0.2, 0) is 17.8 Å². The molecule has 0 unspecified atom stereocenters. The van der Waals surface area contributed by atoms with Crippen molar-refractivity contribution in [1.82, 2.24) is 10.3 Å². The lowest BCUT2D eigenvalue weighted by molar-refractivity contribution is -0.120. The molecular weight excluding hydrogens is 364 g/mol. The molecular formula is C24H20N2OS. The molecule has 0 aliphatic rings. The molecule has 0 aliphatic heterocycles. The summed E-state index contributed by atoms with van der Waals surface area (Å²) in [6, 6.07) is 24.4. The number of pyridine rings is 1. The molecule has 4 rings (SSSR count). The summed E-state index contributed by atoms with van der Waals surface area (Å²) in [6.45, 7) is 0.501. The van der Waals surface area contributed by atoms with Crippen molar-refractivity contribution in [1.29, 1.82) is 0 Å². The third-order valence-electron chi connectivity index (χ3n) is 4.56. The molecule has 2 heterocycles. The average molecular weight is 385 g/mol. The maximum absolute atomic E-state index is 12.3. The van der Waals surface area contributed by atoms with Gasteiger partial charge in [-0.15, -0.1) is 0 Å². The van der Waals surface area contributed by atoms with Crippen molar-refractivity contribution in [2.24, 2.45) is 0 Å². The van der Waals surface area contributed by atoms with Crippen molar-refractivity contribution in [3.8, 4) is 22.4 Å². The fourth-order valence-electron chi connectivity index (χ4n) is 3.05. The molecule has 0 fully saturated rings. The highest BCUT2D eigenvalue weighted by Gasteiger charge is 2.06. The Bertz CT molecular complexity index is 1040. The largest absolute Gasteiger partial charge is 0.352 e. The van der Waals surface area contributed by atoms with Gasteiger partial charge in [0.15, 0.2) is 0 Å². The molecule has 138 valence electrons. The Balaban J connectivity index is 1.34. The summed E-state index contributed by atoms with van der Waals surface area (Å²) < 4.78 is 0. The van der Waals surface area contributed by atoms with Gasteiger partial charge in [0.25, 0.3) is 0 Å². The first-order chi connectivity index (χ1) is 13.8. The molecule has 1 amide bonds. The predicted molar refractivity (Wildman–Crippen MR) is 115 cm³/mol. The van der Waals surface area contributed by atoms with Crippen LogP contribution in [0, 0.1) is 0 Å². The molecule has 0 aliphatic carbocycles. The summed E-state index contributed by atoms with van der Waals surface area (Å²) >= 11 is 1.65. The van der Waals surface area contributed by atoms with Crippen molar-refractivity contribution in [2.45, 2.75) is 13.0 Å². The topological polar surface area (TPSA) is 42.0 Å². The van der Waals surface area contributed by atoms with Gasteiger partial charge in [-0.2, -0.15) is 11.3 Å². The smallest absolute Gasteiger partial charge is 0.224 e. The molecule has 4 aromatic rings. The Hall–Kier alpha value is -3.24. The van der Waals surface area contributed by atoms with Gasteiger partial charge in [-0.1, -0.05) is 54.6 Å². The molecule has 4 heteroatoms. The summed E-state index contributed by atoms with van der Waals surface area (Å²) in [4.78, 5) is 16.7. The number of rotatable bonds is 6. The fraction of sp³-hybridized carbons (Fsp3) is 0.0833. The van der Waals surface area contributed by atoms with Crippen LogP contribution in [0.15, 0.2) is 89.8 Å². The Morgan fingerprint density at radius 2 is 1.64 bits per heavy atom. The number of aromatic nitrogens is 1. The van der Waals surface area contributed by atoms with Crippen LogP contribution < -0.4 is 5.32 Å². The second-order valence-corrected chi connectivity index (χ2v) is 7.36. The number of benzene rings is 2. The van der Waals surface area contributed by atoms with E-state index in [2.05, 4.69) is 46.0 Å². The van der Waals surface area contributed by atoms with Gasteiger partial charge in [0.2, 0.25) is 5.91 Å². The number of nitrogens with zero attached hydrogens (tertiary/aromatic N) is 1. The Morgan fingerprint density at radius 1 is 0.857 bits per heavy atom. The second-order valence-electron chi connectivity index (χ2n) is 6.58. The van der Waals surface area contributed by atoms with Gasteiger partial charge < -0.3 is 5.32 Å². The first kappa shape index (κ1) is 18.1. The molecule has 0 bridgehead atoms. The average Bonchev–Trinajstić information content (AvgIpc) is 3.29. The molecule has 2 aromatic heterocycles. The van der Waals surface area contributed by atoms with Crippen molar-refractivity contribution in [3.05, 3.63) is 101 Å². The van der Waals surface area contributed by atoms with E-state index in [1.807, 2.05) is 47.8 Å². The molecule has 2 aromatic carbocycles. The second kappa shape index (κ2) is 8.63. The van der Waals surface area contributed by atoms with Crippen LogP contribution in [0.25, 0.3) is 22.4 Å². The van der Waals surface area contributed by atoms with Gasteiger partial charge in [0, 0.05) is 23.7 Å². The van der Waals surface area contributed by atoms with Crippen LogP contribution in [0.3, 0.4) is 0 Å². The summed E-state index contributed by atoms with van der Waals surface area (Å²) in [5.41, 5.74) is 6.43. The number of carbonyl (C=O) groups excluding carboxylic acids is 1. The SMILES string of the molecule is O=C(Cc1ccc(-c2ccccc2)cc1)NCc1ccnc(-c2ccsc2)c1. The molecule has 3 nitrogen and oxygen atoms in total. The molecule has 0 saturated carbocycles. The van der Waals surface area contributed by atoms with E-state index in [0.29, 0.717) is 13.0 Å². The van der Waals surface area contributed by atoms with E-state index >= 15 is 0 Å². The maximum atomic E-state index is 12.3. The molecule has 1 N–H and O–H groups in total. The summed E-state index contributed by atoms with van der Waals surface area (Å²) in [7, 11) is 0. The number of carbonyl (C=O) groups is 1. The highest BCUT2D eigenvalue weighted by Crippen LogP contribution is 2.21. The van der Waals surface area contributed by atoms with E-state index in [0.717, 1.165) is 27.9 Å². The Morgan fingerprint density at radius 3 is 2.39 bits per heavy atom. The number of hydrogen-bond acceptors (Lipinski definition) is 3. The highest BCUT2D eigenvalue weighted by atomic mass is 32.1. The van der Waals surface area contributed by atoms with Crippen molar-refractivity contribution < 1.29 is 4.79 Å². The highest BCUT2D eigenvalue weighted by molar-refractivity contribution is 7.08. The standard InChI is InChI=1S/C24H20N2OS/c27-24(15-18-6-8-21(9-7-18)20-4-2-1-3-5-20)26-16-19-10-12-25-23(14-19)22-11-13-28-17-22/h1-14,17H,15-16H2,(H,26,27).